The molecule has 0 bridgehead atoms. The quantitative estimate of drug-likeness (QED) is 0.178. The maximum atomic E-state index is 12.6. The molecule has 2 atom stereocenters. The summed E-state index contributed by atoms with van der Waals surface area (Å²) in [5.74, 6) is -0.189. The summed E-state index contributed by atoms with van der Waals surface area (Å²) in [6.45, 7) is 1.77. The Labute approximate surface area is 166 Å². The number of benzene rings is 1. The molecule has 2 aliphatic rings. The molecule has 1 amide bonds. The molecule has 0 unspecified atom stereocenters. The number of hydrogen-bond acceptors (Lipinski definition) is 7. The van der Waals surface area contributed by atoms with E-state index in [2.05, 4.69) is 4.99 Å². The van der Waals surface area contributed by atoms with Crippen molar-refractivity contribution >= 4 is 35.7 Å². The van der Waals surface area contributed by atoms with Crippen molar-refractivity contribution in [1.29, 1.82) is 0 Å². The van der Waals surface area contributed by atoms with Crippen molar-refractivity contribution in [2.75, 3.05) is 19.8 Å². The molecule has 0 spiro atoms. The van der Waals surface area contributed by atoms with Crippen LogP contribution in [0.5, 0.6) is 0 Å². The predicted molar refractivity (Wildman–Crippen MR) is 105 cm³/mol. The number of esters is 1. The second kappa shape index (κ2) is 8.01. The Kier molecular flexibility index (Phi) is 5.68. The number of hydrogen-bond donors (Lipinski definition) is 0. The number of thioether (sulfide) groups is 1. The number of β-lactam (4-membered cyclic amide) rings is 1. The molecule has 9 nitrogen and oxygen atoms in total. The minimum Gasteiger partial charge on any atom is -0.456 e. The van der Waals surface area contributed by atoms with Crippen LogP contribution in [0.25, 0.3) is 0 Å². The fourth-order valence-corrected chi connectivity index (χ4v) is 4.17. The molecule has 28 heavy (non-hydrogen) atoms. The molecule has 1 aromatic carbocycles. The zero-order chi connectivity index (χ0) is 20.4. The number of nitrogens with zero attached hydrogens (tertiary/aromatic N) is 4. The Balaban J connectivity index is 1.67. The summed E-state index contributed by atoms with van der Waals surface area (Å²) < 4.78 is 5.36. The van der Waals surface area contributed by atoms with Crippen molar-refractivity contribution in [3.63, 3.8) is 0 Å². The summed E-state index contributed by atoms with van der Waals surface area (Å²) in [5.41, 5.74) is 1.64. The number of aliphatic imine (C=N–C) groups is 1. The van der Waals surface area contributed by atoms with E-state index in [9.17, 15) is 19.7 Å². The third kappa shape index (κ3) is 3.86. The molecule has 2 heterocycles. The maximum absolute atomic E-state index is 12.6. The highest BCUT2D eigenvalue weighted by Crippen LogP contribution is 2.41. The summed E-state index contributed by atoms with van der Waals surface area (Å²) in [5, 5.41) is 10.5. The van der Waals surface area contributed by atoms with Crippen molar-refractivity contribution in [1.82, 2.24) is 9.80 Å². The third-order valence-electron chi connectivity index (χ3n) is 4.30. The summed E-state index contributed by atoms with van der Waals surface area (Å²) in [6.07, 6.45) is 1.60. The van der Waals surface area contributed by atoms with Crippen molar-refractivity contribution in [3.8, 4) is 0 Å². The van der Waals surface area contributed by atoms with Gasteiger partial charge in [-0.3, -0.25) is 24.8 Å². The van der Waals surface area contributed by atoms with Crippen LogP contribution in [-0.2, 0) is 20.9 Å². The van der Waals surface area contributed by atoms with Gasteiger partial charge in [0, 0.05) is 32.0 Å². The van der Waals surface area contributed by atoms with Gasteiger partial charge in [-0.1, -0.05) is 0 Å². The van der Waals surface area contributed by atoms with Crippen molar-refractivity contribution in [2.24, 2.45) is 4.99 Å². The Bertz CT molecular complexity index is 865. The second-order valence-corrected chi connectivity index (χ2v) is 7.82. The lowest BCUT2D eigenvalue weighted by molar-refractivity contribution is -0.384. The molecular weight excluding hydrogens is 384 g/mol. The van der Waals surface area contributed by atoms with Gasteiger partial charge in [0.1, 0.15) is 17.7 Å². The van der Waals surface area contributed by atoms with E-state index >= 15 is 0 Å². The van der Waals surface area contributed by atoms with Gasteiger partial charge >= 0.3 is 5.97 Å². The van der Waals surface area contributed by atoms with Gasteiger partial charge < -0.3 is 9.64 Å². The van der Waals surface area contributed by atoms with Crippen LogP contribution in [0, 0.1) is 10.1 Å². The molecular formula is C18H20N4O5S. The van der Waals surface area contributed by atoms with E-state index in [1.165, 1.54) is 29.2 Å². The number of nitro benzene ring substituents is 1. The molecule has 10 heteroatoms. The fourth-order valence-electron chi connectivity index (χ4n) is 2.88. The van der Waals surface area contributed by atoms with Gasteiger partial charge in [0.25, 0.3) is 11.6 Å². The number of amides is 1. The number of ether oxygens (including phenoxy) is 1. The van der Waals surface area contributed by atoms with Crippen LogP contribution in [0.4, 0.5) is 5.69 Å². The SMILES string of the molecule is CC1=C(C(=O)OCc2ccc([N+](=O)[O-])cc2)N2C(=O)[C@@H](N=CN(C)C)[C@@H]2SC1. The van der Waals surface area contributed by atoms with Crippen LogP contribution in [0.15, 0.2) is 40.5 Å². The van der Waals surface area contributed by atoms with Gasteiger partial charge in [-0.2, -0.15) is 0 Å². The molecule has 1 aromatic rings. The lowest BCUT2D eigenvalue weighted by Gasteiger charge is -2.47. The normalized spacial score (nSPS) is 21.4. The van der Waals surface area contributed by atoms with Crippen LogP contribution in [-0.4, -0.2) is 64.2 Å². The largest absolute Gasteiger partial charge is 0.456 e. The van der Waals surface area contributed by atoms with Gasteiger partial charge in [0.15, 0.2) is 6.04 Å². The minimum absolute atomic E-state index is 0.0312. The van der Waals surface area contributed by atoms with Crippen LogP contribution >= 0.6 is 11.8 Å². The van der Waals surface area contributed by atoms with Crippen molar-refractivity contribution in [3.05, 3.63) is 51.2 Å². The molecule has 0 saturated carbocycles. The first-order valence-corrected chi connectivity index (χ1v) is 9.59. The zero-order valence-electron chi connectivity index (χ0n) is 15.7. The topological polar surface area (TPSA) is 105 Å². The van der Waals surface area contributed by atoms with Gasteiger partial charge in [-0.05, 0) is 30.2 Å². The van der Waals surface area contributed by atoms with E-state index < -0.39 is 16.9 Å². The maximum Gasteiger partial charge on any atom is 0.355 e. The Morgan fingerprint density at radius 3 is 2.71 bits per heavy atom. The van der Waals surface area contributed by atoms with Crippen LogP contribution in [0.1, 0.15) is 12.5 Å². The highest BCUT2D eigenvalue weighted by molar-refractivity contribution is 8.00. The molecule has 0 N–H and O–H groups in total. The Morgan fingerprint density at radius 1 is 1.43 bits per heavy atom. The molecule has 3 rings (SSSR count). The lowest BCUT2D eigenvalue weighted by atomic mass is 10.0. The molecule has 0 radical (unpaired) electrons. The molecule has 0 aliphatic carbocycles. The van der Waals surface area contributed by atoms with E-state index in [0.717, 1.165) is 5.57 Å². The number of non-ortho nitro benzene ring substituents is 1. The molecule has 1 fully saturated rings. The average Bonchev–Trinajstić information content (AvgIpc) is 2.66. The molecule has 148 valence electrons. The van der Waals surface area contributed by atoms with Crippen LogP contribution in [0.3, 0.4) is 0 Å². The first kappa shape index (κ1) is 19.9. The smallest absolute Gasteiger partial charge is 0.355 e. The average molecular weight is 404 g/mol. The van der Waals surface area contributed by atoms with Gasteiger partial charge in [0.05, 0.1) is 11.3 Å². The standard InChI is InChI=1S/C18H20N4O5S/c1-11-9-28-17-14(19-10-20(2)3)16(23)21(17)15(11)18(24)27-8-12-4-6-13(7-5-12)22(25)26/h4-7,10,14,17H,8-9H2,1-3H3/t14-,17+/m1/s1. The Hall–Kier alpha value is -2.88. The van der Waals surface area contributed by atoms with E-state index in [-0.39, 0.29) is 29.3 Å². The predicted octanol–water partition coefficient (Wildman–Crippen LogP) is 1.79. The second-order valence-electron chi connectivity index (χ2n) is 6.71. The first-order chi connectivity index (χ1) is 13.3. The number of rotatable bonds is 6. The fraction of sp³-hybridized carbons (Fsp3) is 0.389. The van der Waals surface area contributed by atoms with Crippen LogP contribution in [0.2, 0.25) is 0 Å². The van der Waals surface area contributed by atoms with Crippen LogP contribution < -0.4 is 0 Å². The van der Waals surface area contributed by atoms with Gasteiger partial charge in [0.2, 0.25) is 0 Å². The summed E-state index contributed by atoms with van der Waals surface area (Å²) in [7, 11) is 3.65. The Morgan fingerprint density at radius 2 is 2.11 bits per heavy atom. The summed E-state index contributed by atoms with van der Waals surface area (Å²) >= 11 is 1.57. The highest BCUT2D eigenvalue weighted by Gasteiger charge is 2.53. The molecule has 2 aliphatic heterocycles. The number of carbonyl (C=O) groups is 2. The van der Waals surface area contributed by atoms with Crippen molar-refractivity contribution < 1.29 is 19.2 Å². The van der Waals surface area contributed by atoms with Gasteiger partial charge in [-0.25, -0.2) is 4.79 Å². The van der Waals surface area contributed by atoms with E-state index in [4.69, 9.17) is 4.74 Å². The third-order valence-corrected chi connectivity index (χ3v) is 5.71. The van der Waals surface area contributed by atoms with E-state index in [1.54, 1.807) is 29.9 Å². The minimum atomic E-state index is -0.579. The zero-order valence-corrected chi connectivity index (χ0v) is 16.5. The molecule has 0 aromatic heterocycles. The van der Waals surface area contributed by atoms with E-state index in [1.807, 2.05) is 14.1 Å². The number of nitro groups is 1. The first-order valence-electron chi connectivity index (χ1n) is 8.54. The number of carbonyl (C=O) groups excluding carboxylic acids is 2. The molecule has 1 saturated heterocycles. The number of fused-ring (bicyclic) bond motifs is 1. The monoisotopic (exact) mass is 404 g/mol. The highest BCUT2D eigenvalue weighted by atomic mass is 32.2. The van der Waals surface area contributed by atoms with Crippen molar-refractivity contribution in [2.45, 2.75) is 24.9 Å². The lowest BCUT2D eigenvalue weighted by Crippen LogP contribution is -2.64. The summed E-state index contributed by atoms with van der Waals surface area (Å²) in [6, 6.07) is 5.28. The van der Waals surface area contributed by atoms with Gasteiger partial charge in [-0.15, -0.1) is 11.8 Å². The summed E-state index contributed by atoms with van der Waals surface area (Å²) in [4.78, 5) is 42.9. The van der Waals surface area contributed by atoms with E-state index in [0.29, 0.717) is 11.3 Å².